The zero-order chi connectivity index (χ0) is 19.3. The van der Waals surface area contributed by atoms with Gasteiger partial charge in [0.2, 0.25) is 5.91 Å². The Morgan fingerprint density at radius 1 is 1.11 bits per heavy atom. The van der Waals surface area contributed by atoms with Crippen LogP contribution in [0.2, 0.25) is 0 Å². The maximum Gasteiger partial charge on any atom is 0.223 e. The highest BCUT2D eigenvalue weighted by atomic mass is 32.1. The van der Waals surface area contributed by atoms with Crippen LogP contribution in [-0.4, -0.2) is 55.2 Å². The van der Waals surface area contributed by atoms with Gasteiger partial charge in [-0.2, -0.15) is 0 Å². The average Bonchev–Trinajstić information content (AvgIpc) is 3.01. The highest BCUT2D eigenvalue weighted by Gasteiger charge is 2.19. The van der Waals surface area contributed by atoms with Gasteiger partial charge < -0.3 is 14.4 Å². The molecule has 1 amide bonds. The lowest BCUT2D eigenvalue weighted by Crippen LogP contribution is -2.40. The number of benzene rings is 1. The van der Waals surface area contributed by atoms with E-state index in [1.54, 1.807) is 0 Å². The maximum absolute atomic E-state index is 12.4. The van der Waals surface area contributed by atoms with E-state index in [2.05, 4.69) is 42.2 Å². The number of hydrogen-bond donors (Lipinski definition) is 0. The molecule has 5 nitrogen and oxygen atoms in total. The number of aryl methyl sites for hydroxylation is 2. The molecule has 0 bridgehead atoms. The van der Waals surface area contributed by atoms with Crippen molar-refractivity contribution in [1.82, 2.24) is 9.80 Å². The fraction of sp³-hybridized carbons (Fsp3) is 0.500. The lowest BCUT2D eigenvalue weighted by Gasteiger charge is -2.26. The smallest absolute Gasteiger partial charge is 0.223 e. The molecule has 2 aliphatic rings. The molecule has 1 fully saturated rings. The van der Waals surface area contributed by atoms with Crippen molar-refractivity contribution in [2.24, 2.45) is 0 Å². The summed E-state index contributed by atoms with van der Waals surface area (Å²) in [7, 11) is 0. The number of ether oxygens (including phenoxy) is 2. The van der Waals surface area contributed by atoms with Gasteiger partial charge in [0.05, 0.1) is 13.2 Å². The lowest BCUT2D eigenvalue weighted by atomic mass is 10.0. The molecule has 28 heavy (non-hydrogen) atoms. The van der Waals surface area contributed by atoms with Crippen LogP contribution in [0.3, 0.4) is 0 Å². The number of morpholine rings is 1. The first-order valence-corrected chi connectivity index (χ1v) is 10.9. The van der Waals surface area contributed by atoms with Crippen molar-refractivity contribution < 1.29 is 14.3 Å². The Bertz CT molecular complexity index is 814. The first-order chi connectivity index (χ1) is 13.7. The van der Waals surface area contributed by atoms with Crippen LogP contribution in [0.4, 0.5) is 0 Å². The molecular weight excluding hydrogens is 372 g/mol. The second-order valence-electron chi connectivity index (χ2n) is 7.51. The van der Waals surface area contributed by atoms with Crippen LogP contribution in [-0.2, 0) is 29.0 Å². The number of hydrogen-bond acceptors (Lipinski definition) is 5. The van der Waals surface area contributed by atoms with E-state index in [9.17, 15) is 4.79 Å². The first-order valence-electron chi connectivity index (χ1n) is 10.1. The Hall–Kier alpha value is -1.89. The van der Waals surface area contributed by atoms with Gasteiger partial charge in [0.25, 0.3) is 0 Å². The third kappa shape index (κ3) is 4.93. The Balaban J connectivity index is 1.38. The topological polar surface area (TPSA) is 42.0 Å². The molecule has 3 heterocycles. The van der Waals surface area contributed by atoms with E-state index in [0.29, 0.717) is 39.3 Å². The van der Waals surface area contributed by atoms with Gasteiger partial charge in [0.1, 0.15) is 12.4 Å². The van der Waals surface area contributed by atoms with E-state index >= 15 is 0 Å². The molecule has 6 heteroatoms. The number of fused-ring (bicyclic) bond motifs is 1. The number of amides is 1. The average molecular weight is 401 g/mol. The van der Waals surface area contributed by atoms with Crippen LogP contribution in [0.5, 0.6) is 5.75 Å². The van der Waals surface area contributed by atoms with Gasteiger partial charge in [-0.3, -0.25) is 9.69 Å². The van der Waals surface area contributed by atoms with Crippen LogP contribution in [0, 0.1) is 6.92 Å². The summed E-state index contributed by atoms with van der Waals surface area (Å²) in [6.45, 7) is 8.38. The fourth-order valence-electron chi connectivity index (χ4n) is 3.80. The summed E-state index contributed by atoms with van der Waals surface area (Å²) >= 11 is 1.86. The van der Waals surface area contributed by atoms with Gasteiger partial charge >= 0.3 is 0 Å². The van der Waals surface area contributed by atoms with Gasteiger partial charge in [0.15, 0.2) is 0 Å². The Morgan fingerprint density at radius 3 is 2.75 bits per heavy atom. The molecule has 1 aromatic carbocycles. The Kier molecular flexibility index (Phi) is 6.29. The molecule has 0 radical (unpaired) electrons. The maximum atomic E-state index is 12.4. The minimum absolute atomic E-state index is 0.226. The largest absolute Gasteiger partial charge is 0.492 e. The summed E-state index contributed by atoms with van der Waals surface area (Å²) in [6.07, 6.45) is 1.32. The summed E-state index contributed by atoms with van der Waals surface area (Å²) in [5.74, 6) is 1.21. The summed E-state index contributed by atoms with van der Waals surface area (Å²) < 4.78 is 11.3. The van der Waals surface area contributed by atoms with E-state index in [4.69, 9.17) is 9.47 Å². The standard InChI is InChI=1S/C22H28N2O3S/c1-17-2-5-20(28-17)16-23-8-13-27-21-6-3-18(14-19(21)15-23)4-7-22(25)24-9-11-26-12-10-24/h2-3,5-6,14H,4,7-13,15-16H2,1H3. The van der Waals surface area contributed by atoms with Crippen LogP contribution < -0.4 is 4.74 Å². The molecule has 2 aromatic rings. The number of rotatable bonds is 5. The van der Waals surface area contributed by atoms with E-state index in [1.807, 2.05) is 16.2 Å². The van der Waals surface area contributed by atoms with Crippen LogP contribution in [0.1, 0.15) is 27.3 Å². The van der Waals surface area contributed by atoms with Gasteiger partial charge in [-0.15, -0.1) is 11.3 Å². The summed E-state index contributed by atoms with van der Waals surface area (Å²) in [4.78, 5) is 19.5. The number of thiophene rings is 1. The molecule has 4 rings (SSSR count). The van der Waals surface area contributed by atoms with Gasteiger partial charge in [-0.25, -0.2) is 0 Å². The molecule has 0 saturated carbocycles. The van der Waals surface area contributed by atoms with E-state index < -0.39 is 0 Å². The second-order valence-corrected chi connectivity index (χ2v) is 8.88. The van der Waals surface area contributed by atoms with Crippen LogP contribution >= 0.6 is 11.3 Å². The van der Waals surface area contributed by atoms with E-state index in [1.165, 1.54) is 20.9 Å². The zero-order valence-electron chi connectivity index (χ0n) is 16.5. The van der Waals surface area contributed by atoms with E-state index in [-0.39, 0.29) is 5.91 Å². The predicted octanol–water partition coefficient (Wildman–Crippen LogP) is 3.24. The van der Waals surface area contributed by atoms with Crippen LogP contribution in [0.15, 0.2) is 30.3 Å². The molecule has 0 aliphatic carbocycles. The highest BCUT2D eigenvalue weighted by molar-refractivity contribution is 7.11. The number of carbonyl (C=O) groups excluding carboxylic acids is 1. The first kappa shape index (κ1) is 19.4. The number of carbonyl (C=O) groups is 1. The Morgan fingerprint density at radius 2 is 1.96 bits per heavy atom. The summed E-state index contributed by atoms with van der Waals surface area (Å²) in [5.41, 5.74) is 2.43. The van der Waals surface area contributed by atoms with Crippen molar-refractivity contribution in [3.05, 3.63) is 51.2 Å². The molecular formula is C22H28N2O3S. The van der Waals surface area contributed by atoms with Crippen molar-refractivity contribution in [3.8, 4) is 5.75 Å². The second kappa shape index (κ2) is 9.07. The quantitative estimate of drug-likeness (QED) is 0.773. The Labute approximate surface area is 170 Å². The van der Waals surface area contributed by atoms with Gasteiger partial charge in [0, 0.05) is 54.5 Å². The molecule has 150 valence electrons. The van der Waals surface area contributed by atoms with Gasteiger partial charge in [-0.05, 0) is 37.1 Å². The minimum Gasteiger partial charge on any atom is -0.492 e. The summed E-state index contributed by atoms with van der Waals surface area (Å²) in [6, 6.07) is 10.8. The van der Waals surface area contributed by atoms with Crippen molar-refractivity contribution in [2.45, 2.75) is 32.9 Å². The zero-order valence-corrected chi connectivity index (χ0v) is 17.3. The monoisotopic (exact) mass is 400 g/mol. The van der Waals surface area contributed by atoms with Crippen LogP contribution in [0.25, 0.3) is 0 Å². The van der Waals surface area contributed by atoms with Crippen molar-refractivity contribution in [3.63, 3.8) is 0 Å². The number of nitrogens with zero attached hydrogens (tertiary/aromatic N) is 2. The lowest BCUT2D eigenvalue weighted by molar-refractivity contribution is -0.135. The van der Waals surface area contributed by atoms with Crippen molar-refractivity contribution in [2.75, 3.05) is 39.5 Å². The van der Waals surface area contributed by atoms with Crippen molar-refractivity contribution in [1.29, 1.82) is 0 Å². The highest BCUT2D eigenvalue weighted by Crippen LogP contribution is 2.27. The molecule has 0 spiro atoms. The third-order valence-corrected chi connectivity index (χ3v) is 6.34. The normalized spacial score (nSPS) is 17.7. The molecule has 0 unspecified atom stereocenters. The SMILES string of the molecule is Cc1ccc(CN2CCOc3ccc(CCC(=O)N4CCOCC4)cc3C2)s1. The predicted molar refractivity (Wildman–Crippen MR) is 111 cm³/mol. The van der Waals surface area contributed by atoms with Gasteiger partial charge in [-0.1, -0.05) is 12.1 Å². The minimum atomic E-state index is 0.226. The molecule has 1 saturated heterocycles. The van der Waals surface area contributed by atoms with Crippen molar-refractivity contribution >= 4 is 17.2 Å². The summed E-state index contributed by atoms with van der Waals surface area (Å²) in [5, 5.41) is 0. The fourth-order valence-corrected chi connectivity index (χ4v) is 4.74. The van der Waals surface area contributed by atoms with E-state index in [0.717, 1.165) is 31.8 Å². The molecule has 0 N–H and O–H groups in total. The molecule has 0 atom stereocenters. The molecule has 1 aromatic heterocycles. The third-order valence-electron chi connectivity index (χ3n) is 5.35. The molecule has 2 aliphatic heterocycles.